The summed E-state index contributed by atoms with van der Waals surface area (Å²) in [6.45, 7) is 5.48. The summed E-state index contributed by atoms with van der Waals surface area (Å²) in [5.74, 6) is 0.274. The Morgan fingerprint density at radius 1 is 1.53 bits per heavy atom. The molecule has 1 heterocycles. The van der Waals surface area contributed by atoms with Gasteiger partial charge in [0.1, 0.15) is 0 Å². The van der Waals surface area contributed by atoms with Crippen LogP contribution in [0.25, 0.3) is 0 Å². The third-order valence-electron chi connectivity index (χ3n) is 2.88. The van der Waals surface area contributed by atoms with E-state index in [4.69, 9.17) is 4.74 Å². The van der Waals surface area contributed by atoms with Gasteiger partial charge in [0.15, 0.2) is 0 Å². The molecule has 0 spiro atoms. The van der Waals surface area contributed by atoms with Gasteiger partial charge in [-0.25, -0.2) is 9.52 Å². The van der Waals surface area contributed by atoms with Gasteiger partial charge in [0.25, 0.3) is 0 Å². The summed E-state index contributed by atoms with van der Waals surface area (Å²) in [5.41, 5.74) is 0. The van der Waals surface area contributed by atoms with E-state index in [0.29, 0.717) is 6.54 Å². The van der Waals surface area contributed by atoms with E-state index in [9.17, 15) is 13.2 Å². The maximum absolute atomic E-state index is 11.9. The molecule has 1 aliphatic rings. The van der Waals surface area contributed by atoms with Crippen molar-refractivity contribution in [2.45, 2.75) is 32.8 Å². The smallest absolute Gasteiger partial charge is 0.422 e. The molecule has 19 heavy (non-hydrogen) atoms. The molecule has 1 saturated heterocycles. The van der Waals surface area contributed by atoms with Gasteiger partial charge < -0.3 is 10.1 Å². The lowest BCUT2D eigenvalue weighted by Gasteiger charge is -2.27. The van der Waals surface area contributed by atoms with Crippen molar-refractivity contribution in [3.05, 3.63) is 0 Å². The number of hydrogen-bond acceptors (Lipinski definition) is 5. The molecule has 7 nitrogen and oxygen atoms in total. The van der Waals surface area contributed by atoms with Crippen LogP contribution in [0.3, 0.4) is 0 Å². The van der Waals surface area contributed by atoms with Crippen LogP contribution < -0.4 is 10.0 Å². The molecule has 0 bridgehead atoms. The van der Waals surface area contributed by atoms with Gasteiger partial charge in [-0.05, 0) is 45.7 Å². The summed E-state index contributed by atoms with van der Waals surface area (Å²) in [6.07, 6.45) is 0.733. The average Bonchev–Trinajstić information content (AvgIpc) is 2.28. The first kappa shape index (κ1) is 16.2. The number of hydrogen-bond donors (Lipinski definition) is 2. The zero-order chi connectivity index (χ0) is 14.5. The zero-order valence-corrected chi connectivity index (χ0v) is 12.5. The SMILES string of the molecule is CC(C)OC(=O)NS(=O)(=O)N(C)CC1CCCNC1. The number of ether oxygens (including phenoxy) is 1. The molecular formula is C11H23N3O4S. The van der Waals surface area contributed by atoms with Crippen LogP contribution in [-0.4, -0.2) is 51.6 Å². The minimum atomic E-state index is -3.82. The molecule has 0 saturated carbocycles. The number of rotatable bonds is 5. The molecule has 8 heteroatoms. The van der Waals surface area contributed by atoms with Gasteiger partial charge in [0.05, 0.1) is 6.10 Å². The summed E-state index contributed by atoms with van der Waals surface area (Å²) < 4.78 is 31.6. The molecule has 1 aliphatic heterocycles. The van der Waals surface area contributed by atoms with Gasteiger partial charge in [-0.15, -0.1) is 0 Å². The molecule has 0 aromatic heterocycles. The lowest BCUT2D eigenvalue weighted by molar-refractivity contribution is 0.121. The zero-order valence-electron chi connectivity index (χ0n) is 11.7. The van der Waals surface area contributed by atoms with Crippen molar-refractivity contribution < 1.29 is 17.9 Å². The Hall–Kier alpha value is -0.860. The number of nitrogens with zero attached hydrogens (tertiary/aromatic N) is 1. The maximum Gasteiger partial charge on any atom is 0.422 e. The fraction of sp³-hybridized carbons (Fsp3) is 0.909. The largest absolute Gasteiger partial charge is 0.446 e. The number of carbonyl (C=O) groups excluding carboxylic acids is 1. The fourth-order valence-corrected chi connectivity index (χ4v) is 2.78. The van der Waals surface area contributed by atoms with Gasteiger partial charge in [-0.3, -0.25) is 0 Å². The van der Waals surface area contributed by atoms with E-state index in [-0.39, 0.29) is 12.0 Å². The minimum Gasteiger partial charge on any atom is -0.446 e. The summed E-state index contributed by atoms with van der Waals surface area (Å²) in [7, 11) is -2.37. The fourth-order valence-electron chi connectivity index (χ4n) is 1.96. The number of piperidine rings is 1. The molecule has 2 N–H and O–H groups in total. The summed E-state index contributed by atoms with van der Waals surface area (Å²) in [5, 5.41) is 3.22. The number of amides is 1. The Bertz CT molecular complexity index is 391. The highest BCUT2D eigenvalue weighted by atomic mass is 32.2. The highest BCUT2D eigenvalue weighted by Crippen LogP contribution is 2.12. The quantitative estimate of drug-likeness (QED) is 0.761. The van der Waals surface area contributed by atoms with Crippen molar-refractivity contribution in [3.63, 3.8) is 0 Å². The second-order valence-electron chi connectivity index (χ2n) is 5.05. The molecule has 112 valence electrons. The van der Waals surface area contributed by atoms with E-state index in [0.717, 1.165) is 30.2 Å². The van der Waals surface area contributed by atoms with Crippen molar-refractivity contribution in [3.8, 4) is 0 Å². The summed E-state index contributed by atoms with van der Waals surface area (Å²) >= 11 is 0. The van der Waals surface area contributed by atoms with Crippen LogP contribution in [0.5, 0.6) is 0 Å². The normalized spacial score (nSPS) is 20.6. The Kier molecular flexibility index (Phi) is 6.02. The van der Waals surface area contributed by atoms with E-state index >= 15 is 0 Å². The van der Waals surface area contributed by atoms with Crippen molar-refractivity contribution >= 4 is 16.3 Å². The molecule has 1 fully saturated rings. The van der Waals surface area contributed by atoms with Gasteiger partial charge in [0, 0.05) is 13.6 Å². The first-order chi connectivity index (χ1) is 8.81. The topological polar surface area (TPSA) is 87.7 Å². The summed E-state index contributed by atoms with van der Waals surface area (Å²) in [6, 6.07) is 0. The minimum absolute atomic E-state index is 0.274. The second kappa shape index (κ2) is 7.06. The Balaban J connectivity index is 2.48. The second-order valence-corrected chi connectivity index (χ2v) is 6.83. The van der Waals surface area contributed by atoms with E-state index in [2.05, 4.69) is 5.32 Å². The van der Waals surface area contributed by atoms with E-state index in [1.807, 2.05) is 4.72 Å². The molecule has 1 amide bonds. The molecular weight excluding hydrogens is 270 g/mol. The van der Waals surface area contributed by atoms with Crippen molar-refractivity contribution in [1.82, 2.24) is 14.3 Å². The number of carbonyl (C=O) groups is 1. The molecule has 0 aromatic carbocycles. The third kappa shape index (κ3) is 5.75. The van der Waals surface area contributed by atoms with Crippen LogP contribution in [0.4, 0.5) is 4.79 Å². The van der Waals surface area contributed by atoms with Crippen LogP contribution in [0.1, 0.15) is 26.7 Å². The monoisotopic (exact) mass is 293 g/mol. The van der Waals surface area contributed by atoms with Gasteiger partial charge in [-0.1, -0.05) is 0 Å². The van der Waals surface area contributed by atoms with Crippen molar-refractivity contribution in [2.24, 2.45) is 5.92 Å². The van der Waals surface area contributed by atoms with Crippen LogP contribution in [0.15, 0.2) is 0 Å². The molecule has 0 radical (unpaired) electrons. The van der Waals surface area contributed by atoms with Gasteiger partial charge in [-0.2, -0.15) is 12.7 Å². The Morgan fingerprint density at radius 3 is 2.74 bits per heavy atom. The van der Waals surface area contributed by atoms with Crippen LogP contribution >= 0.6 is 0 Å². The van der Waals surface area contributed by atoms with Crippen molar-refractivity contribution in [2.75, 3.05) is 26.7 Å². The molecule has 0 aromatic rings. The highest BCUT2D eigenvalue weighted by molar-refractivity contribution is 7.87. The van der Waals surface area contributed by atoms with E-state index < -0.39 is 16.3 Å². The predicted octanol–water partition coefficient (Wildman–Crippen LogP) is 0.297. The van der Waals surface area contributed by atoms with Crippen molar-refractivity contribution in [1.29, 1.82) is 0 Å². The Morgan fingerprint density at radius 2 is 2.21 bits per heavy atom. The van der Waals surface area contributed by atoms with Crippen LogP contribution in [-0.2, 0) is 14.9 Å². The van der Waals surface area contributed by atoms with E-state index in [1.165, 1.54) is 7.05 Å². The molecule has 0 aliphatic carbocycles. The highest BCUT2D eigenvalue weighted by Gasteiger charge is 2.25. The van der Waals surface area contributed by atoms with E-state index in [1.54, 1.807) is 13.8 Å². The van der Waals surface area contributed by atoms with Crippen LogP contribution in [0.2, 0.25) is 0 Å². The lowest BCUT2D eigenvalue weighted by Crippen LogP contribution is -2.46. The molecule has 1 rings (SSSR count). The summed E-state index contributed by atoms with van der Waals surface area (Å²) in [4.78, 5) is 11.3. The number of nitrogens with one attached hydrogen (secondary N) is 2. The van der Waals surface area contributed by atoms with Crippen LogP contribution in [0, 0.1) is 5.92 Å². The first-order valence-electron chi connectivity index (χ1n) is 6.46. The maximum atomic E-state index is 11.9. The molecule has 1 unspecified atom stereocenters. The van der Waals surface area contributed by atoms with Gasteiger partial charge >= 0.3 is 16.3 Å². The molecule has 1 atom stereocenters. The van der Waals surface area contributed by atoms with Gasteiger partial charge in [0.2, 0.25) is 0 Å². The first-order valence-corrected chi connectivity index (χ1v) is 7.90. The predicted molar refractivity (Wildman–Crippen MR) is 71.9 cm³/mol. The Labute approximate surface area is 114 Å². The lowest BCUT2D eigenvalue weighted by atomic mass is 10.00. The average molecular weight is 293 g/mol. The standard InChI is InChI=1S/C11H23N3O4S/c1-9(2)18-11(15)13-19(16,17)14(3)8-10-5-4-6-12-7-10/h9-10,12H,4-8H2,1-3H3,(H,13,15). The third-order valence-corrected chi connectivity index (χ3v) is 4.27.